The van der Waals surface area contributed by atoms with Crippen LogP contribution in [0.1, 0.15) is 16.2 Å². The van der Waals surface area contributed by atoms with Crippen LogP contribution in [0.2, 0.25) is 0 Å². The Morgan fingerprint density at radius 2 is 2.44 bits per heavy atom. The fourth-order valence-corrected chi connectivity index (χ4v) is 2.31. The molecule has 2 rings (SSSR count). The predicted molar refractivity (Wildman–Crippen MR) is 67.0 cm³/mol. The van der Waals surface area contributed by atoms with Gasteiger partial charge in [-0.1, -0.05) is 11.3 Å². The lowest BCUT2D eigenvalue weighted by molar-refractivity contribution is -0.0148. The normalized spacial score (nSPS) is 23.0. The van der Waals surface area contributed by atoms with Crippen molar-refractivity contribution in [3.8, 4) is 0 Å². The van der Waals surface area contributed by atoms with Crippen molar-refractivity contribution in [2.45, 2.75) is 12.0 Å². The van der Waals surface area contributed by atoms with Gasteiger partial charge in [-0.3, -0.25) is 4.79 Å². The number of rotatable bonds is 5. The highest BCUT2D eigenvalue weighted by Gasteiger charge is 2.35. The molecule has 1 aliphatic heterocycles. The third kappa shape index (κ3) is 2.77. The zero-order chi connectivity index (χ0) is 13.0. The summed E-state index contributed by atoms with van der Waals surface area (Å²) in [6, 6.07) is 0. The maximum atomic E-state index is 11.9. The Morgan fingerprint density at radius 3 is 3.00 bits per heavy atom. The summed E-state index contributed by atoms with van der Waals surface area (Å²) in [4.78, 5) is 11.9. The molecule has 2 heterocycles. The molecule has 1 unspecified atom stereocenters. The molecular weight excluding hydrogens is 256 g/mol. The van der Waals surface area contributed by atoms with Gasteiger partial charge in [-0.2, -0.15) is 0 Å². The molecule has 0 saturated carbocycles. The number of anilines is 1. The maximum absolute atomic E-state index is 11.9. The largest absolute Gasteiger partial charge is 0.378 e. The summed E-state index contributed by atoms with van der Waals surface area (Å²) in [6.07, 6.45) is 0.779. The van der Waals surface area contributed by atoms with Crippen LogP contribution in [-0.2, 0) is 9.47 Å². The molecule has 1 aromatic rings. The van der Waals surface area contributed by atoms with Gasteiger partial charge in [-0.15, -0.1) is 10.2 Å². The van der Waals surface area contributed by atoms with Crippen LogP contribution in [0.15, 0.2) is 0 Å². The van der Waals surface area contributed by atoms with Gasteiger partial charge in [0.25, 0.3) is 5.91 Å². The minimum absolute atomic E-state index is 0.239. The molecule has 0 aliphatic carbocycles. The Kier molecular flexibility index (Phi) is 4.10. The van der Waals surface area contributed by atoms with E-state index in [-0.39, 0.29) is 5.91 Å². The highest BCUT2D eigenvalue weighted by Crippen LogP contribution is 2.22. The first kappa shape index (κ1) is 13.2. The first-order chi connectivity index (χ1) is 8.69. The summed E-state index contributed by atoms with van der Waals surface area (Å²) in [5, 5.41) is 14.2. The molecule has 0 radical (unpaired) electrons. The molecule has 2 N–H and O–H groups in total. The van der Waals surface area contributed by atoms with E-state index in [2.05, 4.69) is 20.8 Å². The SMILES string of the molecule is CNc1nnc(C(=O)NCC2(OC)CCOC2)s1. The Labute approximate surface area is 109 Å². The quantitative estimate of drug-likeness (QED) is 0.791. The number of carbonyl (C=O) groups is 1. The second kappa shape index (κ2) is 5.59. The van der Waals surface area contributed by atoms with Crippen LogP contribution >= 0.6 is 11.3 Å². The van der Waals surface area contributed by atoms with Gasteiger partial charge in [-0.05, 0) is 0 Å². The molecule has 8 heteroatoms. The van der Waals surface area contributed by atoms with Crippen LogP contribution in [0.25, 0.3) is 0 Å². The van der Waals surface area contributed by atoms with E-state index in [4.69, 9.17) is 9.47 Å². The third-order valence-corrected chi connectivity index (χ3v) is 3.84. The van der Waals surface area contributed by atoms with Crippen LogP contribution in [0.3, 0.4) is 0 Å². The number of methoxy groups -OCH3 is 1. The molecule has 100 valence electrons. The van der Waals surface area contributed by atoms with E-state index in [0.717, 1.165) is 6.42 Å². The maximum Gasteiger partial charge on any atom is 0.282 e. The number of nitrogens with zero attached hydrogens (tertiary/aromatic N) is 2. The van der Waals surface area contributed by atoms with Crippen molar-refractivity contribution in [3.63, 3.8) is 0 Å². The van der Waals surface area contributed by atoms with E-state index in [9.17, 15) is 4.79 Å². The molecule has 18 heavy (non-hydrogen) atoms. The molecule has 1 saturated heterocycles. The molecule has 1 aliphatic rings. The van der Waals surface area contributed by atoms with Crippen molar-refractivity contribution in [1.82, 2.24) is 15.5 Å². The van der Waals surface area contributed by atoms with Crippen LogP contribution < -0.4 is 10.6 Å². The smallest absolute Gasteiger partial charge is 0.282 e. The lowest BCUT2D eigenvalue weighted by Crippen LogP contribution is -2.45. The second-order valence-corrected chi connectivity index (χ2v) is 5.01. The summed E-state index contributed by atoms with van der Waals surface area (Å²) in [6.45, 7) is 1.57. The highest BCUT2D eigenvalue weighted by atomic mass is 32.1. The van der Waals surface area contributed by atoms with Gasteiger partial charge in [0.15, 0.2) is 0 Å². The number of ether oxygens (including phenoxy) is 2. The first-order valence-electron chi connectivity index (χ1n) is 5.61. The summed E-state index contributed by atoms with van der Waals surface area (Å²) in [7, 11) is 3.36. The number of hydrogen-bond acceptors (Lipinski definition) is 7. The van der Waals surface area contributed by atoms with Crippen LogP contribution in [0.5, 0.6) is 0 Å². The Balaban J connectivity index is 1.91. The molecule has 1 fully saturated rings. The van der Waals surface area contributed by atoms with Crippen molar-refractivity contribution in [2.24, 2.45) is 0 Å². The van der Waals surface area contributed by atoms with Crippen molar-refractivity contribution in [3.05, 3.63) is 5.01 Å². The average Bonchev–Trinajstić information content (AvgIpc) is 3.05. The average molecular weight is 272 g/mol. The summed E-state index contributed by atoms with van der Waals surface area (Å²) in [5.74, 6) is -0.239. The molecule has 7 nitrogen and oxygen atoms in total. The zero-order valence-corrected chi connectivity index (χ0v) is 11.2. The Bertz CT molecular complexity index is 417. The Morgan fingerprint density at radius 1 is 1.61 bits per heavy atom. The zero-order valence-electron chi connectivity index (χ0n) is 10.4. The summed E-state index contributed by atoms with van der Waals surface area (Å²) < 4.78 is 10.7. The number of hydrogen-bond donors (Lipinski definition) is 2. The van der Waals surface area contributed by atoms with E-state index in [0.29, 0.717) is 29.9 Å². The van der Waals surface area contributed by atoms with Gasteiger partial charge >= 0.3 is 0 Å². The van der Waals surface area contributed by atoms with Gasteiger partial charge in [0.2, 0.25) is 10.1 Å². The fraction of sp³-hybridized carbons (Fsp3) is 0.700. The lowest BCUT2D eigenvalue weighted by atomic mass is 10.0. The van der Waals surface area contributed by atoms with E-state index < -0.39 is 5.60 Å². The molecular formula is C10H16N4O3S. The minimum Gasteiger partial charge on any atom is -0.378 e. The molecule has 1 amide bonds. The predicted octanol–water partition coefficient (Wildman–Crippen LogP) is 0.115. The van der Waals surface area contributed by atoms with Gasteiger partial charge in [0.1, 0.15) is 5.60 Å². The molecule has 1 aromatic heterocycles. The van der Waals surface area contributed by atoms with Gasteiger partial charge in [0.05, 0.1) is 6.61 Å². The van der Waals surface area contributed by atoms with Crippen molar-refractivity contribution >= 4 is 22.4 Å². The number of nitrogens with one attached hydrogen (secondary N) is 2. The minimum atomic E-state index is -0.411. The van der Waals surface area contributed by atoms with Gasteiger partial charge in [-0.25, -0.2) is 0 Å². The topological polar surface area (TPSA) is 85.4 Å². The molecule has 0 aromatic carbocycles. The van der Waals surface area contributed by atoms with Crippen LogP contribution in [0, 0.1) is 0 Å². The number of amides is 1. The van der Waals surface area contributed by atoms with Crippen molar-refractivity contribution in [1.29, 1.82) is 0 Å². The highest BCUT2D eigenvalue weighted by molar-refractivity contribution is 7.17. The van der Waals surface area contributed by atoms with Crippen LogP contribution in [-0.4, -0.2) is 55.6 Å². The van der Waals surface area contributed by atoms with Crippen molar-refractivity contribution in [2.75, 3.05) is 39.2 Å². The number of aromatic nitrogens is 2. The molecule has 0 spiro atoms. The standard InChI is InChI=1S/C10H16N4O3S/c1-11-9-14-13-8(18-9)7(15)12-5-10(16-2)3-4-17-6-10/h3-6H2,1-2H3,(H,11,14)(H,12,15). The van der Waals surface area contributed by atoms with E-state index in [1.54, 1.807) is 14.2 Å². The van der Waals surface area contributed by atoms with E-state index in [1.165, 1.54) is 11.3 Å². The monoisotopic (exact) mass is 272 g/mol. The van der Waals surface area contributed by atoms with Crippen LogP contribution in [0.4, 0.5) is 5.13 Å². The summed E-state index contributed by atoms with van der Waals surface area (Å²) >= 11 is 1.21. The molecule has 0 bridgehead atoms. The van der Waals surface area contributed by atoms with Gasteiger partial charge < -0.3 is 20.1 Å². The summed E-state index contributed by atoms with van der Waals surface area (Å²) in [5.41, 5.74) is -0.411. The van der Waals surface area contributed by atoms with E-state index in [1.807, 2.05) is 0 Å². The second-order valence-electron chi connectivity index (χ2n) is 4.03. The molecule has 1 atom stereocenters. The fourth-order valence-electron chi connectivity index (χ4n) is 1.69. The van der Waals surface area contributed by atoms with E-state index >= 15 is 0 Å². The van der Waals surface area contributed by atoms with Crippen molar-refractivity contribution < 1.29 is 14.3 Å². The van der Waals surface area contributed by atoms with Gasteiger partial charge in [0, 0.05) is 33.7 Å². The third-order valence-electron chi connectivity index (χ3n) is 2.90. The lowest BCUT2D eigenvalue weighted by Gasteiger charge is -2.25. The first-order valence-corrected chi connectivity index (χ1v) is 6.43. The Hall–Kier alpha value is -1.25. The number of carbonyl (C=O) groups excluding carboxylic acids is 1.